The molecule has 0 aliphatic rings. The standard InChI is InChI=1S/C28H32N2O3/c1-20(2)26(21-8-6-5-7-9-21)27(22-10-14-24(31)15-11-22)28(32)29-23-12-16-25(17-13-23)33-19-18-30(3)4/h5-17,20,31H,18-19H2,1-4H3,(H,29,32). The number of ether oxygens (including phenoxy) is 1. The predicted octanol–water partition coefficient (Wildman–Crippen LogP) is 5.54. The van der Waals surface area contributed by atoms with Crippen molar-refractivity contribution in [1.82, 2.24) is 4.90 Å². The van der Waals surface area contributed by atoms with Crippen LogP contribution in [0.15, 0.2) is 78.9 Å². The van der Waals surface area contributed by atoms with Crippen molar-refractivity contribution in [3.05, 3.63) is 90.0 Å². The molecule has 1 amide bonds. The van der Waals surface area contributed by atoms with Crippen molar-refractivity contribution in [2.75, 3.05) is 32.6 Å². The summed E-state index contributed by atoms with van der Waals surface area (Å²) in [5, 5.41) is 12.8. The minimum atomic E-state index is -0.200. The first-order valence-corrected chi connectivity index (χ1v) is 11.1. The number of benzene rings is 3. The summed E-state index contributed by atoms with van der Waals surface area (Å²) in [6.07, 6.45) is 0. The number of rotatable bonds is 9. The lowest BCUT2D eigenvalue weighted by molar-refractivity contribution is -0.111. The number of aromatic hydroxyl groups is 1. The predicted molar refractivity (Wildman–Crippen MR) is 135 cm³/mol. The third-order valence-corrected chi connectivity index (χ3v) is 5.23. The molecule has 0 aliphatic heterocycles. The largest absolute Gasteiger partial charge is 0.508 e. The highest BCUT2D eigenvalue weighted by Crippen LogP contribution is 2.34. The van der Waals surface area contributed by atoms with Gasteiger partial charge in [-0.15, -0.1) is 0 Å². The average Bonchev–Trinajstić information content (AvgIpc) is 2.79. The Hall–Kier alpha value is -3.57. The Morgan fingerprint density at radius 1 is 0.909 bits per heavy atom. The molecule has 0 radical (unpaired) electrons. The summed E-state index contributed by atoms with van der Waals surface area (Å²) in [4.78, 5) is 15.6. The van der Waals surface area contributed by atoms with Gasteiger partial charge in [-0.2, -0.15) is 0 Å². The van der Waals surface area contributed by atoms with E-state index in [1.54, 1.807) is 24.3 Å². The van der Waals surface area contributed by atoms with Crippen molar-refractivity contribution in [2.45, 2.75) is 13.8 Å². The van der Waals surface area contributed by atoms with Crippen LogP contribution in [0.5, 0.6) is 11.5 Å². The first-order valence-electron chi connectivity index (χ1n) is 11.1. The third kappa shape index (κ3) is 6.70. The van der Waals surface area contributed by atoms with Crippen molar-refractivity contribution in [3.8, 4) is 11.5 Å². The molecule has 5 nitrogen and oxygen atoms in total. The molecule has 33 heavy (non-hydrogen) atoms. The highest BCUT2D eigenvalue weighted by atomic mass is 16.5. The zero-order valence-corrected chi connectivity index (χ0v) is 19.7. The molecule has 0 unspecified atom stereocenters. The lowest BCUT2D eigenvalue weighted by Crippen LogP contribution is -2.19. The number of phenolic OH excluding ortho intramolecular Hbond substituents is 1. The minimum absolute atomic E-state index is 0.106. The molecule has 5 heteroatoms. The number of allylic oxidation sites excluding steroid dienone is 1. The van der Waals surface area contributed by atoms with Gasteiger partial charge in [0.1, 0.15) is 18.1 Å². The Labute approximate surface area is 196 Å². The minimum Gasteiger partial charge on any atom is -0.508 e. The van der Waals surface area contributed by atoms with Gasteiger partial charge in [-0.05, 0) is 73.1 Å². The van der Waals surface area contributed by atoms with Gasteiger partial charge in [-0.3, -0.25) is 4.79 Å². The molecule has 0 saturated heterocycles. The van der Waals surface area contributed by atoms with Crippen molar-refractivity contribution in [2.24, 2.45) is 5.92 Å². The molecule has 3 aromatic carbocycles. The molecule has 172 valence electrons. The van der Waals surface area contributed by atoms with Gasteiger partial charge in [0.05, 0.1) is 5.57 Å². The molecule has 0 aliphatic carbocycles. The Balaban J connectivity index is 1.93. The van der Waals surface area contributed by atoms with Crippen LogP contribution in [0.3, 0.4) is 0 Å². The summed E-state index contributed by atoms with van der Waals surface area (Å²) in [5.41, 5.74) is 3.97. The van der Waals surface area contributed by atoms with E-state index in [0.717, 1.165) is 29.0 Å². The second kappa shape index (κ2) is 11.3. The van der Waals surface area contributed by atoms with Gasteiger partial charge in [-0.25, -0.2) is 0 Å². The van der Waals surface area contributed by atoms with Gasteiger partial charge in [0.25, 0.3) is 5.91 Å². The van der Waals surface area contributed by atoms with Gasteiger partial charge >= 0.3 is 0 Å². The van der Waals surface area contributed by atoms with Crippen LogP contribution in [0.4, 0.5) is 5.69 Å². The van der Waals surface area contributed by atoms with Crippen LogP contribution in [-0.4, -0.2) is 43.2 Å². The summed E-state index contributed by atoms with van der Waals surface area (Å²) in [7, 11) is 4.00. The molecule has 0 spiro atoms. The van der Waals surface area contributed by atoms with E-state index in [2.05, 4.69) is 24.1 Å². The first-order chi connectivity index (χ1) is 15.8. The summed E-state index contributed by atoms with van der Waals surface area (Å²) in [6, 6.07) is 24.1. The zero-order valence-electron chi connectivity index (χ0n) is 19.7. The summed E-state index contributed by atoms with van der Waals surface area (Å²) in [5.74, 6) is 0.828. The van der Waals surface area contributed by atoms with Crippen LogP contribution in [0.25, 0.3) is 11.1 Å². The summed E-state index contributed by atoms with van der Waals surface area (Å²) in [6.45, 7) is 5.59. The summed E-state index contributed by atoms with van der Waals surface area (Å²) < 4.78 is 5.74. The van der Waals surface area contributed by atoms with E-state index in [1.165, 1.54) is 0 Å². The van der Waals surface area contributed by atoms with E-state index in [1.807, 2.05) is 68.7 Å². The molecule has 0 atom stereocenters. The van der Waals surface area contributed by atoms with Crippen LogP contribution in [-0.2, 0) is 4.79 Å². The Kier molecular flexibility index (Phi) is 8.28. The number of hydrogen-bond acceptors (Lipinski definition) is 4. The lowest BCUT2D eigenvalue weighted by Gasteiger charge is -2.19. The Morgan fingerprint density at radius 2 is 1.55 bits per heavy atom. The van der Waals surface area contributed by atoms with Crippen molar-refractivity contribution in [3.63, 3.8) is 0 Å². The van der Waals surface area contributed by atoms with E-state index in [9.17, 15) is 9.90 Å². The maximum atomic E-state index is 13.6. The van der Waals surface area contributed by atoms with Gasteiger partial charge in [-0.1, -0.05) is 56.3 Å². The topological polar surface area (TPSA) is 61.8 Å². The summed E-state index contributed by atoms with van der Waals surface area (Å²) >= 11 is 0. The van der Waals surface area contributed by atoms with Gasteiger partial charge in [0, 0.05) is 12.2 Å². The fourth-order valence-corrected chi connectivity index (χ4v) is 3.60. The number of carbonyl (C=O) groups excluding carboxylic acids is 1. The number of nitrogens with one attached hydrogen (secondary N) is 1. The smallest absolute Gasteiger partial charge is 0.256 e. The first kappa shape index (κ1) is 24.1. The van der Waals surface area contributed by atoms with Gasteiger partial charge in [0.15, 0.2) is 0 Å². The highest BCUT2D eigenvalue weighted by molar-refractivity contribution is 6.31. The number of likely N-dealkylation sites (N-methyl/N-ethyl adjacent to an activating group) is 1. The molecule has 3 aromatic rings. The molecule has 0 fully saturated rings. The van der Waals surface area contributed by atoms with Crippen LogP contribution in [0, 0.1) is 5.92 Å². The Morgan fingerprint density at radius 3 is 2.12 bits per heavy atom. The maximum absolute atomic E-state index is 13.6. The second-order valence-electron chi connectivity index (χ2n) is 8.49. The fourth-order valence-electron chi connectivity index (χ4n) is 3.60. The Bertz CT molecular complexity index is 1070. The van der Waals surface area contributed by atoms with Crippen molar-refractivity contribution in [1.29, 1.82) is 0 Å². The number of phenols is 1. The van der Waals surface area contributed by atoms with Crippen LogP contribution in [0.1, 0.15) is 25.0 Å². The van der Waals surface area contributed by atoms with Crippen molar-refractivity contribution >= 4 is 22.7 Å². The monoisotopic (exact) mass is 444 g/mol. The van der Waals surface area contributed by atoms with Gasteiger partial charge in [0.2, 0.25) is 0 Å². The fraction of sp³-hybridized carbons (Fsp3) is 0.250. The maximum Gasteiger partial charge on any atom is 0.256 e. The lowest BCUT2D eigenvalue weighted by atomic mass is 9.87. The molecule has 3 rings (SSSR count). The molecule has 0 bridgehead atoms. The third-order valence-electron chi connectivity index (χ3n) is 5.23. The van der Waals surface area contributed by atoms with E-state index in [0.29, 0.717) is 17.9 Å². The van der Waals surface area contributed by atoms with E-state index >= 15 is 0 Å². The van der Waals surface area contributed by atoms with E-state index in [4.69, 9.17) is 4.74 Å². The van der Waals surface area contributed by atoms with Crippen LogP contribution >= 0.6 is 0 Å². The SMILES string of the molecule is CC(C)C(=C(C(=O)Nc1ccc(OCCN(C)C)cc1)c1ccc(O)cc1)c1ccccc1. The van der Waals surface area contributed by atoms with E-state index in [-0.39, 0.29) is 17.6 Å². The highest BCUT2D eigenvalue weighted by Gasteiger charge is 2.21. The number of anilines is 1. The number of carbonyl (C=O) groups is 1. The zero-order chi connectivity index (χ0) is 23.8. The van der Waals surface area contributed by atoms with E-state index < -0.39 is 0 Å². The van der Waals surface area contributed by atoms with Crippen LogP contribution in [0.2, 0.25) is 0 Å². The average molecular weight is 445 g/mol. The number of amides is 1. The van der Waals surface area contributed by atoms with Crippen LogP contribution < -0.4 is 10.1 Å². The number of hydrogen-bond donors (Lipinski definition) is 2. The molecule has 2 N–H and O–H groups in total. The second-order valence-corrected chi connectivity index (χ2v) is 8.49. The van der Waals surface area contributed by atoms with Crippen molar-refractivity contribution < 1.29 is 14.6 Å². The number of nitrogens with zero attached hydrogens (tertiary/aromatic N) is 1. The molecule has 0 aromatic heterocycles. The molecular formula is C28H32N2O3. The van der Waals surface area contributed by atoms with Gasteiger partial charge < -0.3 is 20.1 Å². The molecule has 0 heterocycles. The molecular weight excluding hydrogens is 412 g/mol. The quantitative estimate of drug-likeness (QED) is 0.336. The normalized spacial score (nSPS) is 11.9. The molecule has 0 saturated carbocycles.